The van der Waals surface area contributed by atoms with Gasteiger partial charge in [0.15, 0.2) is 0 Å². The molecule has 0 spiro atoms. The fraction of sp³-hybridized carbons (Fsp3) is 0.286. The van der Waals surface area contributed by atoms with Gasteiger partial charge in [-0.3, -0.25) is 0 Å². The molecule has 0 saturated carbocycles. The third-order valence-electron chi connectivity index (χ3n) is 2.75. The van der Waals surface area contributed by atoms with E-state index in [0.29, 0.717) is 13.0 Å². The van der Waals surface area contributed by atoms with Crippen LogP contribution in [0.15, 0.2) is 30.3 Å². The van der Waals surface area contributed by atoms with E-state index in [-0.39, 0.29) is 11.0 Å². The smallest absolute Gasteiger partial charge is 0.370 e. The summed E-state index contributed by atoms with van der Waals surface area (Å²) < 4.78 is 37.7. The van der Waals surface area contributed by atoms with Crippen LogP contribution < -0.4 is 5.32 Å². The molecular weight excluding hydrogens is 303 g/mol. The van der Waals surface area contributed by atoms with Crippen LogP contribution in [0.4, 0.5) is 19.0 Å². The topological polar surface area (TPSA) is 37.8 Å². The normalized spacial score (nSPS) is 11.5. The van der Waals surface area contributed by atoms with Crippen LogP contribution in [0.1, 0.15) is 17.0 Å². The number of benzene rings is 1. The van der Waals surface area contributed by atoms with Crippen molar-refractivity contribution in [1.82, 2.24) is 9.97 Å². The molecule has 0 atom stereocenters. The molecule has 0 fully saturated rings. The van der Waals surface area contributed by atoms with Crippen molar-refractivity contribution in [1.29, 1.82) is 0 Å². The van der Waals surface area contributed by atoms with E-state index in [0.717, 1.165) is 11.1 Å². The summed E-state index contributed by atoms with van der Waals surface area (Å²) >= 11 is 5.58. The minimum Gasteiger partial charge on any atom is -0.370 e. The highest BCUT2D eigenvalue weighted by atomic mass is 35.5. The quantitative estimate of drug-likeness (QED) is 0.863. The van der Waals surface area contributed by atoms with E-state index in [1.54, 1.807) is 0 Å². The first kappa shape index (κ1) is 15.6. The summed E-state index contributed by atoms with van der Waals surface area (Å²) in [6, 6.07) is 9.18. The Hall–Kier alpha value is -1.82. The minimum atomic E-state index is -4.61. The highest BCUT2D eigenvalue weighted by Gasteiger charge is 2.35. The number of hydrogen-bond donors (Lipinski definition) is 1. The molecule has 1 N–H and O–H groups in total. The Morgan fingerprint density at radius 2 is 1.95 bits per heavy atom. The van der Waals surface area contributed by atoms with Crippen LogP contribution in [0.3, 0.4) is 0 Å². The molecule has 112 valence electrons. The molecule has 0 unspecified atom stereocenters. The van der Waals surface area contributed by atoms with E-state index in [1.807, 2.05) is 31.2 Å². The molecule has 0 radical (unpaired) electrons. The van der Waals surface area contributed by atoms with Crippen molar-refractivity contribution in [3.8, 4) is 0 Å². The molecule has 0 aliphatic rings. The zero-order valence-corrected chi connectivity index (χ0v) is 12.0. The summed E-state index contributed by atoms with van der Waals surface area (Å²) in [5.74, 6) is -1.18. The number of anilines is 1. The maximum Gasteiger partial charge on any atom is 0.451 e. The van der Waals surface area contributed by atoms with Gasteiger partial charge in [0.25, 0.3) is 0 Å². The van der Waals surface area contributed by atoms with Gasteiger partial charge >= 0.3 is 6.18 Å². The maximum absolute atomic E-state index is 12.6. The van der Waals surface area contributed by atoms with Crippen LogP contribution in [0, 0.1) is 6.92 Å². The predicted molar refractivity (Wildman–Crippen MR) is 75.4 cm³/mol. The third-order valence-corrected chi connectivity index (χ3v) is 2.94. The van der Waals surface area contributed by atoms with Crippen molar-refractivity contribution in [2.45, 2.75) is 19.5 Å². The van der Waals surface area contributed by atoms with Gasteiger partial charge in [-0.1, -0.05) is 41.4 Å². The first-order valence-corrected chi connectivity index (χ1v) is 6.63. The summed E-state index contributed by atoms with van der Waals surface area (Å²) in [6.45, 7) is 2.44. The van der Waals surface area contributed by atoms with Crippen LogP contribution >= 0.6 is 11.6 Å². The molecule has 0 amide bonds. The lowest BCUT2D eigenvalue weighted by Crippen LogP contribution is -2.14. The second kappa shape index (κ2) is 6.30. The SMILES string of the molecule is Cc1cccc(CCNc2cc(Cl)nc(C(F)(F)F)n2)c1. The van der Waals surface area contributed by atoms with Crippen molar-refractivity contribution in [2.75, 3.05) is 11.9 Å². The summed E-state index contributed by atoms with van der Waals surface area (Å²) in [7, 11) is 0. The molecule has 1 aromatic heterocycles. The summed E-state index contributed by atoms with van der Waals surface area (Å²) in [5, 5.41) is 2.59. The first-order valence-electron chi connectivity index (χ1n) is 6.26. The number of hydrogen-bond acceptors (Lipinski definition) is 3. The van der Waals surface area contributed by atoms with Gasteiger partial charge in [-0.05, 0) is 18.9 Å². The fourth-order valence-corrected chi connectivity index (χ4v) is 2.02. The maximum atomic E-state index is 12.6. The zero-order chi connectivity index (χ0) is 15.5. The Morgan fingerprint density at radius 3 is 2.62 bits per heavy atom. The molecule has 0 aliphatic heterocycles. The van der Waals surface area contributed by atoms with Gasteiger partial charge in [-0.2, -0.15) is 13.2 Å². The van der Waals surface area contributed by atoms with Crippen LogP contribution in [0.5, 0.6) is 0 Å². The van der Waals surface area contributed by atoms with Gasteiger partial charge in [-0.25, -0.2) is 9.97 Å². The number of alkyl halides is 3. The van der Waals surface area contributed by atoms with Gasteiger partial charge < -0.3 is 5.32 Å². The average Bonchev–Trinajstić information content (AvgIpc) is 2.37. The Balaban J connectivity index is 2.02. The van der Waals surface area contributed by atoms with E-state index in [9.17, 15) is 13.2 Å². The number of rotatable bonds is 4. The van der Waals surface area contributed by atoms with Crippen LogP contribution in [0.25, 0.3) is 0 Å². The predicted octanol–water partition coefficient (Wildman–Crippen LogP) is 4.11. The van der Waals surface area contributed by atoms with E-state index in [4.69, 9.17) is 11.6 Å². The standard InChI is InChI=1S/C14H13ClF3N3/c1-9-3-2-4-10(7-9)5-6-19-12-8-11(15)20-13(21-12)14(16,17)18/h2-4,7-8H,5-6H2,1H3,(H,19,20,21). The second-order valence-corrected chi connectivity index (χ2v) is 4.95. The zero-order valence-electron chi connectivity index (χ0n) is 11.2. The lowest BCUT2D eigenvalue weighted by Gasteiger charge is -2.10. The molecule has 3 nitrogen and oxygen atoms in total. The number of halogens is 4. The van der Waals surface area contributed by atoms with Gasteiger partial charge in [0, 0.05) is 12.6 Å². The molecule has 21 heavy (non-hydrogen) atoms. The number of aryl methyl sites for hydroxylation is 1. The van der Waals surface area contributed by atoms with E-state index >= 15 is 0 Å². The first-order chi connectivity index (χ1) is 9.84. The minimum absolute atomic E-state index is 0.0648. The molecule has 0 saturated heterocycles. The number of nitrogens with one attached hydrogen (secondary N) is 1. The van der Waals surface area contributed by atoms with Crippen molar-refractivity contribution in [3.63, 3.8) is 0 Å². The average molecular weight is 316 g/mol. The van der Waals surface area contributed by atoms with Crippen LogP contribution in [-0.4, -0.2) is 16.5 Å². The molecule has 0 bridgehead atoms. The van der Waals surface area contributed by atoms with Gasteiger partial charge in [0.05, 0.1) is 0 Å². The van der Waals surface area contributed by atoms with Gasteiger partial charge in [0.2, 0.25) is 5.82 Å². The Bertz CT molecular complexity index is 629. The monoisotopic (exact) mass is 315 g/mol. The molecule has 1 heterocycles. The summed E-state index contributed by atoms with van der Waals surface area (Å²) in [5.41, 5.74) is 2.23. The largest absolute Gasteiger partial charge is 0.451 e. The lowest BCUT2D eigenvalue weighted by atomic mass is 10.1. The highest BCUT2D eigenvalue weighted by molar-refractivity contribution is 6.29. The van der Waals surface area contributed by atoms with Crippen LogP contribution in [0.2, 0.25) is 5.15 Å². The molecule has 7 heteroatoms. The van der Waals surface area contributed by atoms with Crippen molar-refractivity contribution >= 4 is 17.4 Å². The third kappa shape index (κ3) is 4.60. The molecule has 2 rings (SSSR count). The van der Waals surface area contributed by atoms with E-state index in [2.05, 4.69) is 15.3 Å². The van der Waals surface area contributed by atoms with E-state index in [1.165, 1.54) is 6.07 Å². The molecule has 2 aromatic rings. The van der Waals surface area contributed by atoms with Crippen molar-refractivity contribution < 1.29 is 13.2 Å². The van der Waals surface area contributed by atoms with Gasteiger partial charge in [0.1, 0.15) is 11.0 Å². The summed E-state index contributed by atoms with van der Waals surface area (Å²) in [6.07, 6.45) is -3.94. The lowest BCUT2D eigenvalue weighted by molar-refractivity contribution is -0.144. The molecular formula is C14H13ClF3N3. The van der Waals surface area contributed by atoms with Crippen molar-refractivity contribution in [3.05, 3.63) is 52.4 Å². The fourth-order valence-electron chi connectivity index (χ4n) is 1.84. The van der Waals surface area contributed by atoms with Gasteiger partial charge in [-0.15, -0.1) is 0 Å². The number of aromatic nitrogens is 2. The number of nitrogens with zero attached hydrogens (tertiary/aromatic N) is 2. The molecule has 0 aliphatic carbocycles. The highest BCUT2D eigenvalue weighted by Crippen LogP contribution is 2.28. The van der Waals surface area contributed by atoms with Crippen LogP contribution in [-0.2, 0) is 12.6 Å². The molecule has 1 aromatic carbocycles. The Labute approximate surface area is 125 Å². The Morgan fingerprint density at radius 1 is 1.19 bits per heavy atom. The summed E-state index contributed by atoms with van der Waals surface area (Å²) in [4.78, 5) is 6.59. The Kier molecular flexibility index (Phi) is 4.67. The second-order valence-electron chi connectivity index (χ2n) is 4.56. The van der Waals surface area contributed by atoms with E-state index < -0.39 is 12.0 Å². The van der Waals surface area contributed by atoms with Crippen molar-refractivity contribution in [2.24, 2.45) is 0 Å².